The van der Waals surface area contributed by atoms with Gasteiger partial charge in [0, 0.05) is 24.2 Å². The molecule has 166 valence electrons. The summed E-state index contributed by atoms with van der Waals surface area (Å²) >= 11 is 0. The summed E-state index contributed by atoms with van der Waals surface area (Å²) < 4.78 is 1.55. The van der Waals surface area contributed by atoms with Crippen molar-refractivity contribution in [3.05, 3.63) is 65.4 Å². The maximum atomic E-state index is 13.8. The van der Waals surface area contributed by atoms with Crippen LogP contribution in [-0.2, 0) is 0 Å². The molecule has 1 heterocycles. The Morgan fingerprint density at radius 2 is 1.38 bits per heavy atom. The van der Waals surface area contributed by atoms with Crippen LogP contribution in [0.15, 0.2) is 54.2 Å². The third-order valence-electron chi connectivity index (χ3n) is 5.90. The molecule has 0 fully saturated rings. The monoisotopic (exact) mass is 430 g/mol. The summed E-state index contributed by atoms with van der Waals surface area (Å²) in [6, 6.07) is 14.6. The molecule has 0 radical (unpaired) electrons. The van der Waals surface area contributed by atoms with Crippen LogP contribution >= 0.6 is 0 Å². The Bertz CT molecular complexity index is 1180. The second-order valence-electron chi connectivity index (χ2n) is 9.24. The van der Waals surface area contributed by atoms with Crippen molar-refractivity contribution in [2.75, 3.05) is 13.1 Å². The number of allylic oxidation sites excluding steroid dienone is 2. The van der Waals surface area contributed by atoms with Crippen molar-refractivity contribution in [1.82, 2.24) is 19.9 Å². The highest BCUT2D eigenvalue weighted by Gasteiger charge is 2.37. The number of fused-ring (bicyclic) bond motifs is 2. The number of Topliss-reactive ketones (excluding diaryl/α,β-unsaturated/α-hetero) is 2. The van der Waals surface area contributed by atoms with E-state index in [2.05, 4.69) is 42.9 Å². The van der Waals surface area contributed by atoms with E-state index in [1.54, 1.807) is 22.9 Å². The van der Waals surface area contributed by atoms with E-state index in [1.165, 1.54) is 0 Å². The lowest BCUT2D eigenvalue weighted by molar-refractivity contribution is 0.0950. The van der Waals surface area contributed by atoms with Gasteiger partial charge in [-0.1, -0.05) is 69.3 Å². The zero-order valence-corrected chi connectivity index (χ0v) is 19.2. The van der Waals surface area contributed by atoms with Crippen molar-refractivity contribution < 1.29 is 9.59 Å². The summed E-state index contributed by atoms with van der Waals surface area (Å²) in [5.74, 6) is 0.649. The molecular weight excluding hydrogens is 400 g/mol. The van der Waals surface area contributed by atoms with E-state index >= 15 is 0 Å². The maximum absolute atomic E-state index is 13.8. The van der Waals surface area contributed by atoms with Crippen LogP contribution in [0.5, 0.6) is 0 Å². The Labute approximate surface area is 188 Å². The SMILES string of the molecule is CC(C)CCN(CCC(C)C)C1=C(n2nnc3ccccc32)C(=O)c2ccccc2C1=O. The molecule has 0 amide bonds. The average Bonchev–Trinajstić information content (AvgIpc) is 3.20. The minimum atomic E-state index is -0.190. The highest BCUT2D eigenvalue weighted by atomic mass is 16.1. The number of carbonyl (C=O) groups excluding carboxylic acids is 2. The quantitative estimate of drug-likeness (QED) is 0.499. The van der Waals surface area contributed by atoms with Crippen molar-refractivity contribution in [2.24, 2.45) is 11.8 Å². The van der Waals surface area contributed by atoms with Gasteiger partial charge in [0.25, 0.3) is 0 Å². The lowest BCUT2D eigenvalue weighted by Gasteiger charge is -2.32. The summed E-state index contributed by atoms with van der Waals surface area (Å²) in [5, 5.41) is 8.56. The van der Waals surface area contributed by atoms with E-state index in [0.29, 0.717) is 58.5 Å². The summed E-state index contributed by atoms with van der Waals surface area (Å²) in [6.45, 7) is 10.1. The molecule has 1 aliphatic rings. The fraction of sp³-hybridized carbons (Fsp3) is 0.385. The van der Waals surface area contributed by atoms with Crippen LogP contribution < -0.4 is 0 Å². The van der Waals surface area contributed by atoms with E-state index in [9.17, 15) is 9.59 Å². The number of carbonyl (C=O) groups is 2. The van der Waals surface area contributed by atoms with Crippen LogP contribution in [0.25, 0.3) is 16.7 Å². The smallest absolute Gasteiger partial charge is 0.214 e. The predicted molar refractivity (Wildman–Crippen MR) is 126 cm³/mol. The number of nitrogens with zero attached hydrogens (tertiary/aromatic N) is 4. The fourth-order valence-corrected chi connectivity index (χ4v) is 4.04. The lowest BCUT2D eigenvalue weighted by atomic mass is 9.89. The van der Waals surface area contributed by atoms with Crippen molar-refractivity contribution in [3.8, 4) is 0 Å². The number of ketones is 2. The van der Waals surface area contributed by atoms with Crippen LogP contribution in [0.4, 0.5) is 0 Å². The predicted octanol–water partition coefficient (Wildman–Crippen LogP) is 5.07. The Hall–Kier alpha value is -3.28. The molecule has 0 spiro atoms. The molecule has 0 saturated heterocycles. The van der Waals surface area contributed by atoms with Crippen LogP contribution in [0.3, 0.4) is 0 Å². The minimum absolute atomic E-state index is 0.123. The Morgan fingerprint density at radius 3 is 2.00 bits per heavy atom. The standard InChI is InChI=1S/C26H30N4O2/c1-17(2)13-15-29(16-14-18(3)4)23-24(30-22-12-8-7-11-21(22)27-28-30)26(32)20-10-6-5-9-19(20)25(23)31/h5-12,17-18H,13-16H2,1-4H3. The van der Waals surface area contributed by atoms with E-state index in [1.807, 2.05) is 30.3 Å². The first-order valence-corrected chi connectivity index (χ1v) is 11.4. The molecule has 3 aromatic rings. The third-order valence-corrected chi connectivity index (χ3v) is 5.90. The first kappa shape index (κ1) is 21.9. The summed E-state index contributed by atoms with van der Waals surface area (Å²) in [7, 11) is 0. The molecule has 2 aromatic carbocycles. The van der Waals surface area contributed by atoms with Gasteiger partial charge in [-0.3, -0.25) is 9.59 Å². The van der Waals surface area contributed by atoms with Gasteiger partial charge in [-0.2, -0.15) is 0 Å². The zero-order valence-electron chi connectivity index (χ0n) is 19.2. The molecule has 6 nitrogen and oxygen atoms in total. The Kier molecular flexibility index (Phi) is 6.21. The Morgan fingerprint density at radius 1 is 0.812 bits per heavy atom. The molecule has 32 heavy (non-hydrogen) atoms. The van der Waals surface area contributed by atoms with E-state index in [0.717, 1.165) is 12.8 Å². The van der Waals surface area contributed by atoms with Crippen LogP contribution in [0.2, 0.25) is 0 Å². The first-order valence-electron chi connectivity index (χ1n) is 11.4. The van der Waals surface area contributed by atoms with E-state index in [4.69, 9.17) is 0 Å². The van der Waals surface area contributed by atoms with Gasteiger partial charge in [-0.25, -0.2) is 4.68 Å². The van der Waals surface area contributed by atoms with Crippen LogP contribution in [-0.4, -0.2) is 44.5 Å². The number of benzene rings is 2. The average molecular weight is 431 g/mol. The summed E-state index contributed by atoms with van der Waals surface area (Å²) in [5.41, 5.74) is 3.02. The third kappa shape index (κ3) is 4.09. The van der Waals surface area contributed by atoms with Crippen LogP contribution in [0, 0.1) is 11.8 Å². The fourth-order valence-electron chi connectivity index (χ4n) is 4.04. The second kappa shape index (κ2) is 9.07. The second-order valence-corrected chi connectivity index (χ2v) is 9.24. The van der Waals surface area contributed by atoms with Crippen molar-refractivity contribution in [2.45, 2.75) is 40.5 Å². The van der Waals surface area contributed by atoms with Gasteiger partial charge >= 0.3 is 0 Å². The molecule has 0 saturated carbocycles. The number of para-hydroxylation sites is 1. The number of hydrogen-bond acceptors (Lipinski definition) is 5. The Balaban J connectivity index is 1.93. The van der Waals surface area contributed by atoms with Crippen molar-refractivity contribution in [3.63, 3.8) is 0 Å². The molecule has 1 aromatic heterocycles. The van der Waals surface area contributed by atoms with Gasteiger partial charge in [-0.15, -0.1) is 5.10 Å². The maximum Gasteiger partial charge on any atom is 0.214 e. The molecular formula is C26H30N4O2. The normalized spacial score (nSPS) is 14.1. The highest BCUT2D eigenvalue weighted by molar-refractivity contribution is 6.37. The molecule has 1 aliphatic carbocycles. The number of rotatable bonds is 8. The minimum Gasteiger partial charge on any atom is -0.366 e. The van der Waals surface area contributed by atoms with Gasteiger partial charge in [0.05, 0.1) is 5.52 Å². The summed E-state index contributed by atoms with van der Waals surface area (Å²) in [6.07, 6.45) is 1.85. The molecule has 4 rings (SSSR count). The van der Waals surface area contributed by atoms with Gasteiger partial charge in [-0.05, 0) is 36.8 Å². The molecule has 0 N–H and O–H groups in total. The molecule has 6 heteroatoms. The number of aromatic nitrogens is 3. The largest absolute Gasteiger partial charge is 0.366 e. The lowest BCUT2D eigenvalue weighted by Crippen LogP contribution is -2.37. The first-order chi connectivity index (χ1) is 15.4. The van der Waals surface area contributed by atoms with Gasteiger partial charge in [0.1, 0.15) is 16.9 Å². The molecule has 0 bridgehead atoms. The van der Waals surface area contributed by atoms with E-state index in [-0.39, 0.29) is 11.6 Å². The molecule has 0 unspecified atom stereocenters. The van der Waals surface area contributed by atoms with Gasteiger partial charge < -0.3 is 4.90 Å². The number of hydrogen-bond donors (Lipinski definition) is 0. The van der Waals surface area contributed by atoms with Gasteiger partial charge in [0.2, 0.25) is 11.6 Å². The topological polar surface area (TPSA) is 68.1 Å². The van der Waals surface area contributed by atoms with Crippen molar-refractivity contribution >= 4 is 28.3 Å². The molecule has 0 aliphatic heterocycles. The van der Waals surface area contributed by atoms with Crippen LogP contribution in [0.1, 0.15) is 61.3 Å². The highest BCUT2D eigenvalue weighted by Crippen LogP contribution is 2.33. The van der Waals surface area contributed by atoms with E-state index < -0.39 is 0 Å². The van der Waals surface area contributed by atoms with Gasteiger partial charge in [0.15, 0.2) is 0 Å². The summed E-state index contributed by atoms with van der Waals surface area (Å²) in [4.78, 5) is 29.7. The van der Waals surface area contributed by atoms with Crippen molar-refractivity contribution in [1.29, 1.82) is 0 Å². The molecule has 0 atom stereocenters. The zero-order chi connectivity index (χ0) is 22.8.